The van der Waals surface area contributed by atoms with E-state index in [2.05, 4.69) is 0 Å². The molecule has 2 rings (SSSR count). The van der Waals surface area contributed by atoms with Crippen LogP contribution in [0.25, 0.3) is 0 Å². The third-order valence-corrected chi connectivity index (χ3v) is 4.61. The summed E-state index contributed by atoms with van der Waals surface area (Å²) < 4.78 is 10.5. The Kier molecular flexibility index (Phi) is 6.64. The predicted molar refractivity (Wildman–Crippen MR) is 90.0 cm³/mol. The maximum atomic E-state index is 11.6. The van der Waals surface area contributed by atoms with Gasteiger partial charge in [-0.15, -0.1) is 0 Å². The number of carbonyl (C=O) groups is 2. The topological polar surface area (TPSA) is 72.8 Å². The van der Waals surface area contributed by atoms with Crippen molar-refractivity contribution in [2.75, 3.05) is 6.61 Å². The highest BCUT2D eigenvalue weighted by Gasteiger charge is 2.31. The molecule has 24 heavy (non-hydrogen) atoms. The summed E-state index contributed by atoms with van der Waals surface area (Å²) in [7, 11) is 0. The Morgan fingerprint density at radius 1 is 1.25 bits per heavy atom. The van der Waals surface area contributed by atoms with Crippen LogP contribution < -0.4 is 0 Å². The van der Waals surface area contributed by atoms with Gasteiger partial charge in [0.15, 0.2) is 0 Å². The Bertz CT molecular complexity index is 551. The van der Waals surface area contributed by atoms with Gasteiger partial charge in [-0.2, -0.15) is 0 Å². The van der Waals surface area contributed by atoms with Crippen molar-refractivity contribution in [1.29, 1.82) is 0 Å². The maximum Gasteiger partial charge on any atom is 0.508 e. The van der Waals surface area contributed by atoms with Gasteiger partial charge in [0.2, 0.25) is 0 Å². The smallest absolute Gasteiger partial charge is 0.481 e. The lowest BCUT2D eigenvalue weighted by Gasteiger charge is -2.20. The molecule has 0 saturated heterocycles. The fraction of sp³-hybridized carbons (Fsp3) is 0.579. The van der Waals surface area contributed by atoms with E-state index in [0.717, 1.165) is 43.2 Å². The summed E-state index contributed by atoms with van der Waals surface area (Å²) in [5.41, 5.74) is 1.94. The van der Waals surface area contributed by atoms with Crippen LogP contribution in [-0.2, 0) is 20.7 Å². The molecule has 0 aromatic heterocycles. The Labute approximate surface area is 143 Å². The average Bonchev–Trinajstić information content (AvgIpc) is 2.99. The molecule has 0 amide bonds. The van der Waals surface area contributed by atoms with Crippen LogP contribution in [0.2, 0.25) is 0 Å². The third kappa shape index (κ3) is 4.98. The van der Waals surface area contributed by atoms with Crippen LogP contribution in [0.3, 0.4) is 0 Å². The first-order chi connectivity index (χ1) is 11.5. The van der Waals surface area contributed by atoms with Crippen molar-refractivity contribution in [1.82, 2.24) is 0 Å². The van der Waals surface area contributed by atoms with Gasteiger partial charge in [-0.1, -0.05) is 31.2 Å². The van der Waals surface area contributed by atoms with Gasteiger partial charge >= 0.3 is 12.1 Å². The van der Waals surface area contributed by atoms with E-state index in [1.54, 1.807) is 6.92 Å². The number of benzene rings is 1. The van der Waals surface area contributed by atoms with E-state index in [4.69, 9.17) is 14.6 Å². The molecule has 0 bridgehead atoms. The number of hydrogen-bond donors (Lipinski definition) is 1. The van der Waals surface area contributed by atoms with Crippen molar-refractivity contribution in [3.8, 4) is 0 Å². The van der Waals surface area contributed by atoms with Crippen LogP contribution in [0.1, 0.15) is 56.6 Å². The number of rotatable bonds is 7. The molecule has 132 valence electrons. The summed E-state index contributed by atoms with van der Waals surface area (Å²) >= 11 is 0. The van der Waals surface area contributed by atoms with Gasteiger partial charge in [0.25, 0.3) is 0 Å². The Hall–Kier alpha value is -2.04. The molecule has 1 fully saturated rings. The van der Waals surface area contributed by atoms with Gasteiger partial charge in [-0.3, -0.25) is 4.79 Å². The van der Waals surface area contributed by atoms with Crippen LogP contribution in [0, 0.1) is 5.92 Å². The van der Waals surface area contributed by atoms with Crippen molar-refractivity contribution in [2.45, 2.75) is 58.0 Å². The largest absolute Gasteiger partial charge is 0.508 e. The molecule has 5 heteroatoms. The molecule has 1 N–H and O–H groups in total. The zero-order valence-corrected chi connectivity index (χ0v) is 14.4. The van der Waals surface area contributed by atoms with Crippen LogP contribution in [0.5, 0.6) is 0 Å². The monoisotopic (exact) mass is 334 g/mol. The van der Waals surface area contributed by atoms with Crippen LogP contribution >= 0.6 is 0 Å². The molecule has 0 spiro atoms. The molecule has 5 nitrogen and oxygen atoms in total. The third-order valence-electron chi connectivity index (χ3n) is 4.61. The van der Waals surface area contributed by atoms with Gasteiger partial charge < -0.3 is 14.6 Å². The van der Waals surface area contributed by atoms with E-state index in [9.17, 15) is 9.59 Å². The number of ether oxygens (including phenoxy) is 2. The van der Waals surface area contributed by atoms with Crippen molar-refractivity contribution < 1.29 is 24.2 Å². The van der Waals surface area contributed by atoms with E-state index >= 15 is 0 Å². The Balaban J connectivity index is 1.92. The molecular formula is C19H26O5. The molecule has 1 aromatic rings. The lowest BCUT2D eigenvalue weighted by atomic mass is 9.93. The first-order valence-corrected chi connectivity index (χ1v) is 8.66. The van der Waals surface area contributed by atoms with Crippen molar-refractivity contribution >= 4 is 12.1 Å². The summed E-state index contributed by atoms with van der Waals surface area (Å²) in [4.78, 5) is 22.7. The molecule has 3 atom stereocenters. The molecule has 1 aliphatic rings. The van der Waals surface area contributed by atoms with Crippen LogP contribution in [0.15, 0.2) is 24.3 Å². The predicted octanol–water partition coefficient (Wildman–Crippen LogP) is 4.15. The van der Waals surface area contributed by atoms with E-state index < -0.39 is 18.0 Å². The second-order valence-corrected chi connectivity index (χ2v) is 6.45. The maximum absolute atomic E-state index is 11.6. The number of carbonyl (C=O) groups excluding carboxylic acids is 1. The standard InChI is InChI=1S/C19H26O5/c1-3-11-23-19(22)24-17-6-4-5-16(17)12-14-7-9-15(10-8-14)13(2)18(20)21/h7-10,13,16-17H,3-6,11-12H2,1-2H3,(H,20,21)/t13-,16+,17-/m0/s1. The van der Waals surface area contributed by atoms with Crippen molar-refractivity contribution in [3.63, 3.8) is 0 Å². The van der Waals surface area contributed by atoms with Gasteiger partial charge in [0.05, 0.1) is 12.5 Å². The molecule has 0 radical (unpaired) electrons. The highest BCUT2D eigenvalue weighted by Crippen LogP contribution is 2.31. The second kappa shape index (κ2) is 8.71. The molecular weight excluding hydrogens is 308 g/mol. The Morgan fingerprint density at radius 2 is 1.96 bits per heavy atom. The number of hydrogen-bond acceptors (Lipinski definition) is 4. The minimum absolute atomic E-state index is 0.0908. The van der Waals surface area contributed by atoms with E-state index in [1.165, 1.54) is 0 Å². The van der Waals surface area contributed by atoms with E-state index in [0.29, 0.717) is 12.5 Å². The molecule has 1 aromatic carbocycles. The highest BCUT2D eigenvalue weighted by molar-refractivity contribution is 5.75. The van der Waals surface area contributed by atoms with E-state index in [-0.39, 0.29) is 6.10 Å². The van der Waals surface area contributed by atoms with Crippen molar-refractivity contribution in [2.24, 2.45) is 5.92 Å². The van der Waals surface area contributed by atoms with Gasteiger partial charge in [-0.25, -0.2) is 4.79 Å². The highest BCUT2D eigenvalue weighted by atomic mass is 16.7. The van der Waals surface area contributed by atoms with Crippen LogP contribution in [-0.4, -0.2) is 29.9 Å². The van der Waals surface area contributed by atoms with Gasteiger partial charge in [0.1, 0.15) is 6.10 Å². The zero-order chi connectivity index (χ0) is 17.5. The van der Waals surface area contributed by atoms with E-state index in [1.807, 2.05) is 31.2 Å². The summed E-state index contributed by atoms with van der Waals surface area (Å²) in [5.74, 6) is -1.03. The minimum atomic E-state index is -0.822. The quantitative estimate of drug-likeness (QED) is 0.758. The lowest BCUT2D eigenvalue weighted by Crippen LogP contribution is -2.24. The Morgan fingerprint density at radius 3 is 2.58 bits per heavy atom. The number of carboxylic acid groups (broad SMARTS) is 1. The van der Waals surface area contributed by atoms with Crippen LogP contribution in [0.4, 0.5) is 4.79 Å². The normalized spacial score (nSPS) is 21.2. The molecule has 1 saturated carbocycles. The second-order valence-electron chi connectivity index (χ2n) is 6.45. The van der Waals surface area contributed by atoms with Gasteiger partial charge in [0, 0.05) is 5.92 Å². The molecule has 1 aliphatic carbocycles. The number of aliphatic carboxylic acids is 1. The molecule has 0 unspecified atom stereocenters. The SMILES string of the molecule is CCCOC(=O)O[C@H]1CCC[C@@H]1Cc1ccc([C@H](C)C(=O)O)cc1. The fourth-order valence-corrected chi connectivity index (χ4v) is 3.12. The van der Waals surface area contributed by atoms with Crippen molar-refractivity contribution in [3.05, 3.63) is 35.4 Å². The summed E-state index contributed by atoms with van der Waals surface area (Å²) in [6, 6.07) is 7.68. The zero-order valence-electron chi connectivity index (χ0n) is 14.4. The van der Waals surface area contributed by atoms with Gasteiger partial charge in [-0.05, 0) is 50.2 Å². The number of carboxylic acids is 1. The average molecular weight is 334 g/mol. The minimum Gasteiger partial charge on any atom is -0.481 e. The lowest BCUT2D eigenvalue weighted by molar-refractivity contribution is -0.138. The first kappa shape index (κ1) is 18.3. The summed E-state index contributed by atoms with van der Waals surface area (Å²) in [6.07, 6.45) is 3.90. The fourth-order valence-electron chi connectivity index (χ4n) is 3.12. The summed E-state index contributed by atoms with van der Waals surface area (Å²) in [5, 5.41) is 9.05. The molecule has 0 heterocycles. The molecule has 0 aliphatic heterocycles. The summed E-state index contributed by atoms with van der Waals surface area (Å²) in [6.45, 7) is 4.01. The first-order valence-electron chi connectivity index (χ1n) is 8.66.